The second-order valence-electron chi connectivity index (χ2n) is 7.30. The number of hydrogen-bond donors (Lipinski definition) is 2. The smallest absolute Gasteiger partial charge is 0.216 e. The molecule has 0 bridgehead atoms. The lowest BCUT2D eigenvalue weighted by Gasteiger charge is -2.13. The molecule has 0 radical (unpaired) electrons. The maximum atomic E-state index is 12.6. The number of aromatic nitrogens is 2. The van der Waals surface area contributed by atoms with E-state index in [1.54, 1.807) is 0 Å². The highest BCUT2D eigenvalue weighted by atomic mass is 32.2. The summed E-state index contributed by atoms with van der Waals surface area (Å²) in [4.78, 5) is 23.5. The lowest BCUT2D eigenvalue weighted by Crippen LogP contribution is -2.22. The molecule has 0 unspecified atom stereocenters. The highest BCUT2D eigenvalue weighted by Crippen LogP contribution is 2.31. The van der Waals surface area contributed by atoms with Crippen LogP contribution in [0.25, 0.3) is 0 Å². The molecular weight excluding hydrogens is 440 g/mol. The number of carbonyl (C=O) groups is 2. The van der Waals surface area contributed by atoms with E-state index in [1.807, 2.05) is 24.3 Å². The van der Waals surface area contributed by atoms with Crippen molar-refractivity contribution < 1.29 is 9.59 Å². The molecule has 1 aromatic heterocycles. The molecule has 0 aliphatic carbocycles. The minimum absolute atomic E-state index is 0.0377. The Morgan fingerprint density at radius 2 is 1.69 bits per heavy atom. The molecule has 8 heteroatoms. The molecule has 3 rings (SSSR count). The number of ketones is 1. The standard InChI is InChI=1S/C24H28N4O2S2/c1-4-18-7-6-8-19(5-2)22(18)26-23-27-28-24(32-23)31-15-21(30)20-11-9-17(10-12-20)13-14-25-16(3)29/h6-12H,4-5,13-15H2,1-3H3,(H,25,29)(H,26,27). The van der Waals surface area contributed by atoms with E-state index >= 15 is 0 Å². The van der Waals surface area contributed by atoms with Crippen LogP contribution in [0.3, 0.4) is 0 Å². The predicted molar refractivity (Wildman–Crippen MR) is 132 cm³/mol. The normalized spacial score (nSPS) is 10.7. The molecule has 0 aliphatic heterocycles. The molecule has 0 atom stereocenters. The van der Waals surface area contributed by atoms with Crippen molar-refractivity contribution in [1.82, 2.24) is 15.5 Å². The molecule has 3 aromatic rings. The first kappa shape index (κ1) is 23.9. The van der Waals surface area contributed by atoms with Crippen molar-refractivity contribution in [2.75, 3.05) is 17.6 Å². The summed E-state index contributed by atoms with van der Waals surface area (Å²) in [6, 6.07) is 13.9. The highest BCUT2D eigenvalue weighted by Gasteiger charge is 2.13. The number of nitrogens with zero attached hydrogens (tertiary/aromatic N) is 2. The van der Waals surface area contributed by atoms with Crippen LogP contribution in [0.15, 0.2) is 46.8 Å². The number of anilines is 2. The molecule has 2 N–H and O–H groups in total. The maximum Gasteiger partial charge on any atom is 0.216 e. The molecule has 1 heterocycles. The third-order valence-corrected chi connectivity index (χ3v) is 7.00. The number of benzene rings is 2. The van der Waals surface area contributed by atoms with Crippen LogP contribution in [-0.4, -0.2) is 34.2 Å². The van der Waals surface area contributed by atoms with Crippen LogP contribution in [0.1, 0.15) is 47.8 Å². The third-order valence-electron chi connectivity index (χ3n) is 5.03. The van der Waals surface area contributed by atoms with Gasteiger partial charge >= 0.3 is 0 Å². The van der Waals surface area contributed by atoms with E-state index in [1.165, 1.54) is 41.1 Å². The van der Waals surface area contributed by atoms with E-state index in [9.17, 15) is 9.59 Å². The summed E-state index contributed by atoms with van der Waals surface area (Å²) in [6.07, 6.45) is 2.62. The number of Topliss-reactive ketones (excluding diaryl/α,β-unsaturated/α-hetero) is 1. The van der Waals surface area contributed by atoms with Crippen LogP contribution >= 0.6 is 23.1 Å². The summed E-state index contributed by atoms with van der Waals surface area (Å²) < 4.78 is 0.764. The zero-order valence-corrected chi connectivity index (χ0v) is 20.2. The number of nitrogens with one attached hydrogen (secondary N) is 2. The summed E-state index contributed by atoms with van der Waals surface area (Å²) in [6.45, 7) is 6.38. The van der Waals surface area contributed by atoms with Gasteiger partial charge in [0.25, 0.3) is 0 Å². The first-order chi connectivity index (χ1) is 15.5. The topological polar surface area (TPSA) is 84.0 Å². The number of amides is 1. The summed E-state index contributed by atoms with van der Waals surface area (Å²) in [7, 11) is 0. The van der Waals surface area contributed by atoms with Gasteiger partial charge < -0.3 is 10.6 Å². The van der Waals surface area contributed by atoms with Gasteiger partial charge in [-0.15, -0.1) is 10.2 Å². The van der Waals surface area contributed by atoms with E-state index in [0.29, 0.717) is 17.9 Å². The average Bonchev–Trinajstić information content (AvgIpc) is 3.25. The second-order valence-corrected chi connectivity index (χ2v) is 9.50. The first-order valence-electron chi connectivity index (χ1n) is 10.7. The van der Waals surface area contributed by atoms with Crippen LogP contribution in [0, 0.1) is 0 Å². The van der Waals surface area contributed by atoms with E-state index in [2.05, 4.69) is 52.9 Å². The average molecular weight is 469 g/mol. The fraction of sp³-hybridized carbons (Fsp3) is 0.333. The van der Waals surface area contributed by atoms with Crippen molar-refractivity contribution >= 4 is 45.6 Å². The second kappa shape index (κ2) is 11.8. The van der Waals surface area contributed by atoms with Crippen molar-refractivity contribution in [2.45, 2.75) is 44.4 Å². The highest BCUT2D eigenvalue weighted by molar-refractivity contribution is 8.01. The van der Waals surface area contributed by atoms with Gasteiger partial charge in [-0.2, -0.15) is 0 Å². The van der Waals surface area contributed by atoms with Gasteiger partial charge in [0.1, 0.15) is 0 Å². The van der Waals surface area contributed by atoms with E-state index < -0.39 is 0 Å². The van der Waals surface area contributed by atoms with Crippen molar-refractivity contribution in [3.8, 4) is 0 Å². The molecule has 0 spiro atoms. The number of carbonyl (C=O) groups excluding carboxylic acids is 2. The number of aryl methyl sites for hydroxylation is 2. The molecule has 1 amide bonds. The van der Waals surface area contributed by atoms with Crippen molar-refractivity contribution in [1.29, 1.82) is 0 Å². The molecule has 0 saturated heterocycles. The Hall–Kier alpha value is -2.71. The SMILES string of the molecule is CCc1cccc(CC)c1Nc1nnc(SCC(=O)c2ccc(CCNC(C)=O)cc2)s1. The molecule has 6 nitrogen and oxygen atoms in total. The lowest BCUT2D eigenvalue weighted by molar-refractivity contribution is -0.118. The summed E-state index contributed by atoms with van der Waals surface area (Å²) in [5, 5.41) is 15.4. The molecule has 0 saturated carbocycles. The number of hydrogen-bond acceptors (Lipinski definition) is 7. The van der Waals surface area contributed by atoms with E-state index in [0.717, 1.165) is 40.0 Å². The van der Waals surface area contributed by atoms with Crippen molar-refractivity contribution in [3.63, 3.8) is 0 Å². The quantitative estimate of drug-likeness (QED) is 0.302. The van der Waals surface area contributed by atoms with Gasteiger partial charge in [0.2, 0.25) is 11.0 Å². The first-order valence-corrected chi connectivity index (χ1v) is 12.5. The third kappa shape index (κ3) is 6.64. The Labute approximate surface area is 197 Å². The monoisotopic (exact) mass is 468 g/mol. The molecule has 168 valence electrons. The summed E-state index contributed by atoms with van der Waals surface area (Å²) in [5.74, 6) is 0.327. The van der Waals surface area contributed by atoms with E-state index in [-0.39, 0.29) is 11.7 Å². The minimum atomic E-state index is -0.0377. The fourth-order valence-corrected chi connectivity index (χ4v) is 4.93. The van der Waals surface area contributed by atoms with Crippen molar-refractivity contribution in [3.05, 3.63) is 64.7 Å². The van der Waals surface area contributed by atoms with Gasteiger partial charge in [0.15, 0.2) is 10.1 Å². The molecule has 0 aliphatic rings. The summed E-state index contributed by atoms with van der Waals surface area (Å²) in [5.41, 5.74) is 5.38. The zero-order chi connectivity index (χ0) is 22.9. The largest absolute Gasteiger partial charge is 0.356 e. The fourth-order valence-electron chi connectivity index (χ4n) is 3.28. The Bertz CT molecular complexity index is 1040. The molecule has 2 aromatic carbocycles. The van der Waals surface area contributed by atoms with Crippen LogP contribution in [0.5, 0.6) is 0 Å². The Morgan fingerprint density at radius 1 is 1.00 bits per heavy atom. The van der Waals surface area contributed by atoms with Gasteiger partial charge in [-0.3, -0.25) is 9.59 Å². The van der Waals surface area contributed by atoms with Gasteiger partial charge in [0.05, 0.1) is 5.75 Å². The van der Waals surface area contributed by atoms with Gasteiger partial charge in [-0.1, -0.05) is 79.4 Å². The Balaban J connectivity index is 1.55. The molecular formula is C24H28N4O2S2. The van der Waals surface area contributed by atoms with Crippen molar-refractivity contribution in [2.24, 2.45) is 0 Å². The van der Waals surface area contributed by atoms with Crippen LogP contribution in [0.4, 0.5) is 10.8 Å². The maximum absolute atomic E-state index is 12.6. The number of rotatable bonds is 11. The minimum Gasteiger partial charge on any atom is -0.356 e. The Morgan fingerprint density at radius 3 is 2.31 bits per heavy atom. The lowest BCUT2D eigenvalue weighted by atomic mass is 10.0. The van der Waals surface area contributed by atoms with Gasteiger partial charge in [0, 0.05) is 24.7 Å². The predicted octanol–water partition coefficient (Wildman–Crippen LogP) is 5.06. The molecule has 0 fully saturated rings. The van der Waals surface area contributed by atoms with Crippen LogP contribution in [-0.2, 0) is 24.1 Å². The van der Waals surface area contributed by atoms with E-state index in [4.69, 9.17) is 0 Å². The Kier molecular flexibility index (Phi) is 8.81. The molecule has 32 heavy (non-hydrogen) atoms. The van der Waals surface area contributed by atoms with Crippen LogP contribution < -0.4 is 10.6 Å². The zero-order valence-electron chi connectivity index (χ0n) is 18.6. The van der Waals surface area contributed by atoms with Gasteiger partial charge in [-0.05, 0) is 36.0 Å². The van der Waals surface area contributed by atoms with Crippen LogP contribution in [0.2, 0.25) is 0 Å². The summed E-state index contributed by atoms with van der Waals surface area (Å²) >= 11 is 2.86. The van der Waals surface area contributed by atoms with Gasteiger partial charge in [-0.25, -0.2) is 0 Å². The number of thioether (sulfide) groups is 1. The number of para-hydroxylation sites is 1.